The molecule has 0 saturated carbocycles. The number of piperidine rings is 1. The third kappa shape index (κ3) is 3.51. The Kier molecular flexibility index (Phi) is 4.87. The standard InChI is InChI=1S/C20H24N2O4/c1-14-9-10-16(18(23)21(14)3)19(24)22-12-11-20(2,25)17(13-22)26-15-7-5-4-6-8-15/h4-10,17,25H,11-13H2,1-3H3/t17-,20-/m1/s1. The Labute approximate surface area is 152 Å². The predicted molar refractivity (Wildman–Crippen MR) is 98.4 cm³/mol. The van der Waals surface area contributed by atoms with E-state index in [1.165, 1.54) is 4.57 Å². The van der Waals surface area contributed by atoms with Crippen molar-refractivity contribution in [2.75, 3.05) is 13.1 Å². The van der Waals surface area contributed by atoms with E-state index in [0.717, 1.165) is 5.69 Å². The van der Waals surface area contributed by atoms with E-state index >= 15 is 0 Å². The molecule has 2 atom stereocenters. The predicted octanol–water partition coefficient (Wildman–Crippen LogP) is 1.74. The van der Waals surface area contributed by atoms with Crippen LogP contribution in [0.5, 0.6) is 5.75 Å². The number of rotatable bonds is 3. The molecule has 0 aliphatic carbocycles. The zero-order valence-electron chi connectivity index (χ0n) is 15.3. The number of hydrogen-bond acceptors (Lipinski definition) is 4. The fourth-order valence-electron chi connectivity index (χ4n) is 3.08. The zero-order valence-corrected chi connectivity index (χ0v) is 15.3. The minimum Gasteiger partial charge on any atom is -0.486 e. The molecule has 138 valence electrons. The Hall–Kier alpha value is -2.60. The van der Waals surface area contributed by atoms with Gasteiger partial charge in [-0.3, -0.25) is 9.59 Å². The Morgan fingerprint density at radius 3 is 2.62 bits per heavy atom. The number of pyridine rings is 1. The number of aryl methyl sites for hydroxylation is 1. The van der Waals surface area contributed by atoms with Crippen LogP contribution < -0.4 is 10.3 Å². The van der Waals surface area contributed by atoms with Crippen molar-refractivity contribution in [3.63, 3.8) is 0 Å². The third-order valence-corrected chi connectivity index (χ3v) is 5.06. The van der Waals surface area contributed by atoms with Crippen molar-refractivity contribution >= 4 is 5.91 Å². The lowest BCUT2D eigenvalue weighted by Gasteiger charge is -2.42. The molecule has 1 fully saturated rings. The molecular formula is C20H24N2O4. The molecule has 0 spiro atoms. The average molecular weight is 356 g/mol. The molecule has 1 aliphatic heterocycles. The van der Waals surface area contributed by atoms with E-state index in [9.17, 15) is 14.7 Å². The van der Waals surface area contributed by atoms with Gasteiger partial charge in [-0.25, -0.2) is 0 Å². The normalized spacial score (nSPS) is 22.9. The third-order valence-electron chi connectivity index (χ3n) is 5.06. The van der Waals surface area contributed by atoms with Gasteiger partial charge in [0.2, 0.25) is 0 Å². The largest absolute Gasteiger partial charge is 0.486 e. The molecule has 2 heterocycles. The first-order valence-corrected chi connectivity index (χ1v) is 8.69. The van der Waals surface area contributed by atoms with Gasteiger partial charge in [0.25, 0.3) is 11.5 Å². The molecule has 6 heteroatoms. The first-order valence-electron chi connectivity index (χ1n) is 8.69. The molecular weight excluding hydrogens is 332 g/mol. The van der Waals surface area contributed by atoms with Crippen LogP contribution in [0.1, 0.15) is 29.4 Å². The van der Waals surface area contributed by atoms with Crippen molar-refractivity contribution in [2.45, 2.75) is 32.0 Å². The van der Waals surface area contributed by atoms with Gasteiger partial charge in [-0.2, -0.15) is 0 Å². The highest BCUT2D eigenvalue weighted by atomic mass is 16.5. The summed E-state index contributed by atoms with van der Waals surface area (Å²) < 4.78 is 7.40. The molecule has 1 amide bonds. The summed E-state index contributed by atoms with van der Waals surface area (Å²) in [6.45, 7) is 4.13. The molecule has 0 bridgehead atoms. The van der Waals surface area contributed by atoms with Crippen LogP contribution in [0.2, 0.25) is 0 Å². The van der Waals surface area contributed by atoms with Crippen LogP contribution in [-0.4, -0.2) is 45.3 Å². The van der Waals surface area contributed by atoms with E-state index < -0.39 is 11.7 Å². The SMILES string of the molecule is Cc1ccc(C(=O)N2CC[C@@](C)(O)[C@H](Oc3ccccc3)C2)c(=O)n1C. The maximum Gasteiger partial charge on any atom is 0.263 e. The fraction of sp³-hybridized carbons (Fsp3) is 0.400. The van der Waals surface area contributed by atoms with Crippen molar-refractivity contribution in [1.29, 1.82) is 0 Å². The van der Waals surface area contributed by atoms with Crippen molar-refractivity contribution in [1.82, 2.24) is 9.47 Å². The smallest absolute Gasteiger partial charge is 0.263 e. The van der Waals surface area contributed by atoms with Gasteiger partial charge in [-0.1, -0.05) is 18.2 Å². The van der Waals surface area contributed by atoms with Crippen LogP contribution in [0.25, 0.3) is 0 Å². The quantitative estimate of drug-likeness (QED) is 0.909. The first kappa shape index (κ1) is 18.2. The van der Waals surface area contributed by atoms with Gasteiger partial charge in [0.15, 0.2) is 0 Å². The Bertz CT molecular complexity index is 858. The molecule has 1 aliphatic rings. The molecule has 1 aromatic carbocycles. The van der Waals surface area contributed by atoms with Crippen molar-refractivity contribution in [2.24, 2.45) is 7.05 Å². The second kappa shape index (κ2) is 6.96. The highest BCUT2D eigenvalue weighted by Crippen LogP contribution is 2.27. The van der Waals surface area contributed by atoms with Crippen molar-refractivity contribution in [3.8, 4) is 5.75 Å². The summed E-state index contributed by atoms with van der Waals surface area (Å²) in [6, 6.07) is 12.5. The van der Waals surface area contributed by atoms with Crippen molar-refractivity contribution in [3.05, 3.63) is 64.1 Å². The topological polar surface area (TPSA) is 71.8 Å². The van der Waals surface area contributed by atoms with E-state index in [1.54, 1.807) is 31.0 Å². The second-order valence-electron chi connectivity index (χ2n) is 7.03. The molecule has 1 saturated heterocycles. The number of carbonyl (C=O) groups excluding carboxylic acids is 1. The minimum atomic E-state index is -1.05. The van der Waals surface area contributed by atoms with E-state index in [2.05, 4.69) is 0 Å². The summed E-state index contributed by atoms with van der Waals surface area (Å²) in [7, 11) is 1.65. The maximum atomic E-state index is 12.9. The Morgan fingerprint density at radius 2 is 1.92 bits per heavy atom. The number of aromatic nitrogens is 1. The molecule has 3 rings (SSSR count). The van der Waals surface area contributed by atoms with E-state index in [1.807, 2.05) is 37.3 Å². The van der Waals surface area contributed by atoms with Crippen LogP contribution >= 0.6 is 0 Å². The lowest BCUT2D eigenvalue weighted by atomic mass is 9.90. The number of carbonyl (C=O) groups is 1. The summed E-state index contributed by atoms with van der Waals surface area (Å²) in [5.41, 5.74) is -0.436. The summed E-state index contributed by atoms with van der Waals surface area (Å²) in [5.74, 6) is 0.307. The average Bonchev–Trinajstić information content (AvgIpc) is 2.62. The molecule has 6 nitrogen and oxygen atoms in total. The van der Waals surface area contributed by atoms with Crippen LogP contribution in [0.3, 0.4) is 0 Å². The number of likely N-dealkylation sites (tertiary alicyclic amines) is 1. The number of amides is 1. The number of aliphatic hydroxyl groups is 1. The van der Waals surface area contributed by atoms with E-state index in [-0.39, 0.29) is 23.6 Å². The van der Waals surface area contributed by atoms with E-state index in [4.69, 9.17) is 4.74 Å². The summed E-state index contributed by atoms with van der Waals surface area (Å²) in [5, 5.41) is 10.7. The fourth-order valence-corrected chi connectivity index (χ4v) is 3.08. The Morgan fingerprint density at radius 1 is 1.23 bits per heavy atom. The lowest BCUT2D eigenvalue weighted by molar-refractivity contribution is -0.0881. The van der Waals surface area contributed by atoms with Gasteiger partial charge in [0.05, 0.1) is 6.54 Å². The summed E-state index contributed by atoms with van der Waals surface area (Å²) >= 11 is 0. The number of ether oxygens (including phenoxy) is 1. The van der Waals surface area contributed by atoms with Crippen LogP contribution in [-0.2, 0) is 7.05 Å². The molecule has 1 N–H and O–H groups in total. The highest BCUT2D eigenvalue weighted by Gasteiger charge is 2.41. The number of nitrogens with zero attached hydrogens (tertiary/aromatic N) is 2. The van der Waals surface area contributed by atoms with Gasteiger partial charge in [-0.15, -0.1) is 0 Å². The zero-order chi connectivity index (χ0) is 18.9. The lowest BCUT2D eigenvalue weighted by Crippen LogP contribution is -2.58. The maximum absolute atomic E-state index is 12.9. The summed E-state index contributed by atoms with van der Waals surface area (Å²) in [6.07, 6.45) is -0.195. The van der Waals surface area contributed by atoms with Gasteiger partial charge >= 0.3 is 0 Å². The Balaban J connectivity index is 1.82. The molecule has 0 unspecified atom stereocenters. The van der Waals surface area contributed by atoms with Gasteiger partial charge in [0, 0.05) is 19.3 Å². The summed E-state index contributed by atoms with van der Waals surface area (Å²) in [4.78, 5) is 26.9. The van der Waals surface area contributed by atoms with Gasteiger partial charge in [0.1, 0.15) is 23.0 Å². The van der Waals surface area contributed by atoms with Crippen LogP contribution in [0.4, 0.5) is 0 Å². The number of para-hydroxylation sites is 1. The molecule has 26 heavy (non-hydrogen) atoms. The monoisotopic (exact) mass is 356 g/mol. The molecule has 0 radical (unpaired) electrons. The highest BCUT2D eigenvalue weighted by molar-refractivity contribution is 5.94. The van der Waals surface area contributed by atoms with E-state index in [0.29, 0.717) is 18.7 Å². The second-order valence-corrected chi connectivity index (χ2v) is 7.03. The minimum absolute atomic E-state index is 0.137. The van der Waals surface area contributed by atoms with Crippen molar-refractivity contribution < 1.29 is 14.6 Å². The number of hydrogen-bond donors (Lipinski definition) is 1. The molecule has 2 aromatic rings. The molecule has 1 aromatic heterocycles. The first-order chi connectivity index (χ1) is 12.3. The van der Waals surface area contributed by atoms with Gasteiger partial charge in [-0.05, 0) is 44.5 Å². The number of benzene rings is 1. The van der Waals surface area contributed by atoms with Gasteiger partial charge < -0.3 is 19.3 Å². The van der Waals surface area contributed by atoms with Crippen LogP contribution in [0.15, 0.2) is 47.3 Å². The van der Waals surface area contributed by atoms with Crippen LogP contribution in [0, 0.1) is 6.92 Å².